The highest BCUT2D eigenvalue weighted by Gasteiger charge is 2.31. The van der Waals surface area contributed by atoms with Gasteiger partial charge in [-0.25, -0.2) is 4.79 Å². The normalized spacial score (nSPS) is 18.3. The monoisotopic (exact) mass is 305 g/mol. The van der Waals surface area contributed by atoms with Crippen LogP contribution in [-0.2, 0) is 16.0 Å². The van der Waals surface area contributed by atoms with E-state index in [4.69, 9.17) is 4.74 Å². The summed E-state index contributed by atoms with van der Waals surface area (Å²) in [7, 11) is 0. The van der Waals surface area contributed by atoms with E-state index in [1.807, 2.05) is 38.1 Å². The van der Waals surface area contributed by atoms with Gasteiger partial charge >= 0.3 is 5.97 Å². The van der Waals surface area contributed by atoms with Gasteiger partial charge in [0.1, 0.15) is 11.8 Å². The molecule has 1 aromatic carbocycles. The van der Waals surface area contributed by atoms with Gasteiger partial charge in [-0.1, -0.05) is 12.1 Å². The number of hydrogen-bond acceptors (Lipinski definition) is 3. The van der Waals surface area contributed by atoms with Crippen molar-refractivity contribution in [2.45, 2.75) is 51.7 Å². The van der Waals surface area contributed by atoms with Crippen molar-refractivity contribution >= 4 is 11.9 Å². The third-order valence-electron chi connectivity index (χ3n) is 3.73. The van der Waals surface area contributed by atoms with Crippen molar-refractivity contribution in [2.24, 2.45) is 0 Å². The van der Waals surface area contributed by atoms with Crippen molar-refractivity contribution in [1.29, 1.82) is 0 Å². The third-order valence-corrected chi connectivity index (χ3v) is 3.73. The summed E-state index contributed by atoms with van der Waals surface area (Å²) < 4.78 is 5.62. The molecule has 1 aromatic rings. The Bertz CT molecular complexity index is 541. The molecule has 0 aliphatic carbocycles. The van der Waals surface area contributed by atoms with Gasteiger partial charge in [0.25, 0.3) is 0 Å². The van der Waals surface area contributed by atoms with Crippen molar-refractivity contribution < 1.29 is 19.4 Å². The number of carboxylic acids is 1. The maximum Gasteiger partial charge on any atom is 0.326 e. The third kappa shape index (κ3) is 4.23. The quantitative estimate of drug-likeness (QED) is 0.907. The van der Waals surface area contributed by atoms with Gasteiger partial charge in [0.15, 0.2) is 0 Å². The van der Waals surface area contributed by atoms with Crippen molar-refractivity contribution in [3.8, 4) is 5.75 Å². The Morgan fingerprint density at radius 3 is 2.82 bits per heavy atom. The van der Waals surface area contributed by atoms with E-state index < -0.39 is 12.0 Å². The minimum Gasteiger partial charge on any atom is -0.491 e. The molecular formula is C17H23NO4. The van der Waals surface area contributed by atoms with E-state index in [0.29, 0.717) is 13.0 Å². The van der Waals surface area contributed by atoms with Gasteiger partial charge in [-0.15, -0.1) is 0 Å². The average molecular weight is 305 g/mol. The van der Waals surface area contributed by atoms with Crippen LogP contribution in [0.25, 0.3) is 0 Å². The van der Waals surface area contributed by atoms with Crippen LogP contribution in [0.4, 0.5) is 0 Å². The topological polar surface area (TPSA) is 66.8 Å². The van der Waals surface area contributed by atoms with Crippen LogP contribution in [0.1, 0.15) is 38.7 Å². The Morgan fingerprint density at radius 1 is 1.36 bits per heavy atom. The Balaban J connectivity index is 2.06. The van der Waals surface area contributed by atoms with Crippen molar-refractivity contribution in [3.63, 3.8) is 0 Å². The summed E-state index contributed by atoms with van der Waals surface area (Å²) in [4.78, 5) is 25.2. The number of piperidine rings is 1. The van der Waals surface area contributed by atoms with E-state index in [1.54, 1.807) is 0 Å². The lowest BCUT2D eigenvalue weighted by atomic mass is 10.0. The number of benzene rings is 1. The van der Waals surface area contributed by atoms with Crippen molar-refractivity contribution in [3.05, 3.63) is 29.8 Å². The average Bonchev–Trinajstić information content (AvgIpc) is 2.46. The lowest BCUT2D eigenvalue weighted by Gasteiger charge is -2.33. The van der Waals surface area contributed by atoms with E-state index in [-0.39, 0.29) is 18.4 Å². The van der Waals surface area contributed by atoms with Gasteiger partial charge in [-0.3, -0.25) is 4.79 Å². The second kappa shape index (κ2) is 7.29. The molecule has 2 rings (SSSR count). The maximum absolute atomic E-state index is 12.4. The van der Waals surface area contributed by atoms with Crippen molar-refractivity contribution in [1.82, 2.24) is 4.90 Å². The summed E-state index contributed by atoms with van der Waals surface area (Å²) in [5.74, 6) is -0.313. The summed E-state index contributed by atoms with van der Waals surface area (Å²) in [6.07, 6.45) is 2.55. The van der Waals surface area contributed by atoms with Crippen LogP contribution < -0.4 is 4.74 Å². The van der Waals surface area contributed by atoms with Crippen LogP contribution >= 0.6 is 0 Å². The zero-order valence-corrected chi connectivity index (χ0v) is 13.1. The highest BCUT2D eigenvalue weighted by Crippen LogP contribution is 2.20. The molecule has 1 aliphatic heterocycles. The molecule has 0 unspecified atom stereocenters. The molecule has 0 saturated carbocycles. The second-order valence-electron chi connectivity index (χ2n) is 5.93. The van der Waals surface area contributed by atoms with E-state index in [0.717, 1.165) is 24.2 Å². The van der Waals surface area contributed by atoms with E-state index >= 15 is 0 Å². The standard InChI is InChI=1S/C17H23NO4/c1-12(2)22-14-7-5-6-13(10-14)11-16(19)18-9-4-3-8-15(18)17(20)21/h5-7,10,12,15H,3-4,8-9,11H2,1-2H3,(H,20,21)/t15-/m1/s1. The molecule has 1 aliphatic rings. The highest BCUT2D eigenvalue weighted by molar-refractivity contribution is 5.85. The highest BCUT2D eigenvalue weighted by atomic mass is 16.5. The molecule has 1 saturated heterocycles. The SMILES string of the molecule is CC(C)Oc1cccc(CC(=O)N2CCCC[C@@H]2C(=O)O)c1. The number of hydrogen-bond donors (Lipinski definition) is 1. The molecule has 0 radical (unpaired) electrons. The van der Waals surface area contributed by atoms with Gasteiger partial charge in [0.2, 0.25) is 5.91 Å². The summed E-state index contributed by atoms with van der Waals surface area (Å²) in [5.41, 5.74) is 0.845. The minimum atomic E-state index is -0.912. The molecule has 5 nitrogen and oxygen atoms in total. The molecule has 0 spiro atoms. The number of aliphatic carboxylic acids is 1. The number of amides is 1. The minimum absolute atomic E-state index is 0.0736. The Kier molecular flexibility index (Phi) is 5.41. The summed E-state index contributed by atoms with van der Waals surface area (Å²) in [5, 5.41) is 9.25. The van der Waals surface area contributed by atoms with Crippen LogP contribution in [0.5, 0.6) is 5.75 Å². The van der Waals surface area contributed by atoms with Crippen LogP contribution in [-0.4, -0.2) is 40.6 Å². The molecule has 1 amide bonds. The van der Waals surface area contributed by atoms with Gasteiger partial charge in [0, 0.05) is 6.54 Å². The Morgan fingerprint density at radius 2 is 2.14 bits per heavy atom. The molecule has 1 atom stereocenters. The number of ether oxygens (including phenoxy) is 1. The van der Waals surface area contributed by atoms with Crippen molar-refractivity contribution in [2.75, 3.05) is 6.54 Å². The maximum atomic E-state index is 12.4. The van der Waals surface area contributed by atoms with Crippen LogP contribution in [0.15, 0.2) is 24.3 Å². The van der Waals surface area contributed by atoms with Gasteiger partial charge in [0.05, 0.1) is 12.5 Å². The molecule has 1 fully saturated rings. The fourth-order valence-electron chi connectivity index (χ4n) is 2.76. The first-order valence-electron chi connectivity index (χ1n) is 7.75. The fourth-order valence-corrected chi connectivity index (χ4v) is 2.76. The van der Waals surface area contributed by atoms with Gasteiger partial charge in [-0.2, -0.15) is 0 Å². The Labute approximate surface area is 130 Å². The molecular weight excluding hydrogens is 282 g/mol. The number of nitrogens with zero attached hydrogens (tertiary/aromatic N) is 1. The number of carboxylic acid groups (broad SMARTS) is 1. The summed E-state index contributed by atoms with van der Waals surface area (Å²) >= 11 is 0. The van der Waals surface area contributed by atoms with Crippen LogP contribution in [0.2, 0.25) is 0 Å². The number of carbonyl (C=O) groups is 2. The van der Waals surface area contributed by atoms with E-state index in [1.165, 1.54) is 4.90 Å². The first kappa shape index (κ1) is 16.3. The number of likely N-dealkylation sites (tertiary alicyclic amines) is 1. The van der Waals surface area contributed by atoms with Crippen LogP contribution in [0, 0.1) is 0 Å². The zero-order chi connectivity index (χ0) is 16.1. The molecule has 1 heterocycles. The van der Waals surface area contributed by atoms with E-state index in [9.17, 15) is 14.7 Å². The van der Waals surface area contributed by atoms with Gasteiger partial charge < -0.3 is 14.7 Å². The predicted octanol–water partition coefficient (Wildman–Crippen LogP) is 2.48. The molecule has 1 N–H and O–H groups in total. The molecule has 0 aromatic heterocycles. The summed E-state index contributed by atoms with van der Waals surface area (Å²) in [6.45, 7) is 4.42. The molecule has 22 heavy (non-hydrogen) atoms. The molecule has 5 heteroatoms. The first-order valence-corrected chi connectivity index (χ1v) is 7.75. The fraction of sp³-hybridized carbons (Fsp3) is 0.529. The molecule has 0 bridgehead atoms. The lowest BCUT2D eigenvalue weighted by Crippen LogP contribution is -2.48. The predicted molar refractivity (Wildman–Crippen MR) is 82.9 cm³/mol. The van der Waals surface area contributed by atoms with E-state index in [2.05, 4.69) is 0 Å². The lowest BCUT2D eigenvalue weighted by molar-refractivity contribution is -0.151. The largest absolute Gasteiger partial charge is 0.491 e. The molecule has 120 valence electrons. The number of carbonyl (C=O) groups excluding carboxylic acids is 1. The second-order valence-corrected chi connectivity index (χ2v) is 5.93. The smallest absolute Gasteiger partial charge is 0.326 e. The number of rotatable bonds is 5. The van der Waals surface area contributed by atoms with Crippen LogP contribution in [0.3, 0.4) is 0 Å². The Hall–Kier alpha value is -2.04. The zero-order valence-electron chi connectivity index (χ0n) is 13.1. The van der Waals surface area contributed by atoms with Gasteiger partial charge in [-0.05, 0) is 50.8 Å². The summed E-state index contributed by atoms with van der Waals surface area (Å²) in [6, 6.07) is 6.74. The first-order chi connectivity index (χ1) is 10.5.